The van der Waals surface area contributed by atoms with Crippen LogP contribution in [0.25, 0.3) is 0 Å². The molecule has 6 nitrogen and oxygen atoms in total. The van der Waals surface area contributed by atoms with Gasteiger partial charge < -0.3 is 10.6 Å². The van der Waals surface area contributed by atoms with E-state index in [9.17, 15) is 4.79 Å². The van der Waals surface area contributed by atoms with E-state index in [1.165, 1.54) is 6.20 Å². The van der Waals surface area contributed by atoms with Crippen LogP contribution in [0, 0.1) is 0 Å². The lowest BCUT2D eigenvalue weighted by Crippen LogP contribution is -2.22. The Labute approximate surface area is 115 Å². The number of carbonyl (C=O) groups is 1. The standard InChI is InChI=1S/C12H14ClN5O/c1-14-11-10(13)3-9(6-15-11)12(19)16-4-8-5-17-18(2)7-8/h3,5-7H,4H2,1-2H3,(H,14,15)(H,16,19). The van der Waals surface area contributed by atoms with Gasteiger partial charge in [-0.1, -0.05) is 11.6 Å². The lowest BCUT2D eigenvalue weighted by atomic mass is 10.2. The van der Waals surface area contributed by atoms with E-state index in [2.05, 4.69) is 20.7 Å². The second kappa shape index (κ2) is 5.71. The molecule has 2 heterocycles. The third kappa shape index (κ3) is 3.23. The molecule has 2 aromatic rings. The third-order valence-corrected chi connectivity index (χ3v) is 2.84. The Morgan fingerprint density at radius 1 is 1.47 bits per heavy atom. The lowest BCUT2D eigenvalue weighted by molar-refractivity contribution is 0.0950. The number of nitrogens with zero attached hydrogens (tertiary/aromatic N) is 3. The molecule has 2 aromatic heterocycles. The summed E-state index contributed by atoms with van der Waals surface area (Å²) in [4.78, 5) is 16.0. The van der Waals surface area contributed by atoms with E-state index < -0.39 is 0 Å². The maximum absolute atomic E-state index is 11.9. The second-order valence-electron chi connectivity index (χ2n) is 4.01. The van der Waals surface area contributed by atoms with Crippen molar-refractivity contribution in [3.8, 4) is 0 Å². The second-order valence-corrected chi connectivity index (χ2v) is 4.42. The summed E-state index contributed by atoms with van der Waals surface area (Å²) in [5.41, 5.74) is 1.36. The van der Waals surface area contributed by atoms with Crippen LogP contribution < -0.4 is 10.6 Å². The maximum Gasteiger partial charge on any atom is 0.253 e. The first-order valence-corrected chi connectivity index (χ1v) is 6.07. The zero-order chi connectivity index (χ0) is 13.8. The number of halogens is 1. The molecular weight excluding hydrogens is 266 g/mol. The van der Waals surface area contributed by atoms with Gasteiger partial charge in [-0.25, -0.2) is 4.98 Å². The van der Waals surface area contributed by atoms with E-state index in [4.69, 9.17) is 11.6 Å². The summed E-state index contributed by atoms with van der Waals surface area (Å²) < 4.78 is 1.68. The van der Waals surface area contributed by atoms with Crippen molar-refractivity contribution in [3.63, 3.8) is 0 Å². The molecular formula is C12H14ClN5O. The van der Waals surface area contributed by atoms with Gasteiger partial charge in [-0.2, -0.15) is 5.10 Å². The van der Waals surface area contributed by atoms with Gasteiger partial charge in [-0.3, -0.25) is 9.48 Å². The smallest absolute Gasteiger partial charge is 0.253 e. The molecule has 0 aromatic carbocycles. The average Bonchev–Trinajstić information content (AvgIpc) is 2.81. The zero-order valence-corrected chi connectivity index (χ0v) is 11.4. The Morgan fingerprint density at radius 2 is 2.26 bits per heavy atom. The van der Waals surface area contributed by atoms with Gasteiger partial charge in [-0.05, 0) is 6.07 Å². The molecule has 100 valence electrons. The van der Waals surface area contributed by atoms with E-state index in [1.54, 1.807) is 24.0 Å². The van der Waals surface area contributed by atoms with Crippen molar-refractivity contribution < 1.29 is 4.79 Å². The quantitative estimate of drug-likeness (QED) is 0.888. The fourth-order valence-electron chi connectivity index (χ4n) is 1.59. The number of hydrogen-bond acceptors (Lipinski definition) is 4. The highest BCUT2D eigenvalue weighted by molar-refractivity contribution is 6.33. The van der Waals surface area contributed by atoms with Gasteiger partial charge in [0, 0.05) is 38.6 Å². The summed E-state index contributed by atoms with van der Waals surface area (Å²) in [6.07, 6.45) is 5.03. The summed E-state index contributed by atoms with van der Waals surface area (Å²) in [5.74, 6) is 0.325. The lowest BCUT2D eigenvalue weighted by Gasteiger charge is -2.06. The molecule has 0 aliphatic heterocycles. The van der Waals surface area contributed by atoms with Gasteiger partial charge in [0.1, 0.15) is 5.82 Å². The summed E-state index contributed by atoms with van der Waals surface area (Å²) in [6.45, 7) is 0.415. The predicted molar refractivity (Wildman–Crippen MR) is 73.2 cm³/mol. The van der Waals surface area contributed by atoms with Gasteiger partial charge in [0.2, 0.25) is 0 Å². The van der Waals surface area contributed by atoms with Gasteiger partial charge in [0.15, 0.2) is 0 Å². The van der Waals surface area contributed by atoms with Gasteiger partial charge in [-0.15, -0.1) is 0 Å². The minimum absolute atomic E-state index is 0.221. The molecule has 2 N–H and O–H groups in total. The van der Waals surface area contributed by atoms with Gasteiger partial charge >= 0.3 is 0 Å². The molecule has 0 saturated carbocycles. The molecule has 0 aliphatic carbocycles. The van der Waals surface area contributed by atoms with Crippen molar-refractivity contribution in [2.75, 3.05) is 12.4 Å². The van der Waals surface area contributed by atoms with Gasteiger partial charge in [0.25, 0.3) is 5.91 Å². The first kappa shape index (κ1) is 13.4. The number of rotatable bonds is 4. The number of pyridine rings is 1. The van der Waals surface area contributed by atoms with Crippen LogP contribution in [0.4, 0.5) is 5.82 Å². The number of carbonyl (C=O) groups excluding carboxylic acids is 1. The minimum Gasteiger partial charge on any atom is -0.372 e. The first-order chi connectivity index (χ1) is 9.10. The molecule has 0 spiro atoms. The Hall–Kier alpha value is -2.08. The molecule has 0 aliphatic rings. The molecule has 1 amide bonds. The fourth-order valence-corrected chi connectivity index (χ4v) is 1.85. The predicted octanol–water partition coefficient (Wildman–Crippen LogP) is 1.44. The number of aromatic nitrogens is 3. The Morgan fingerprint density at radius 3 is 2.84 bits per heavy atom. The highest BCUT2D eigenvalue weighted by Crippen LogP contribution is 2.19. The van der Waals surface area contributed by atoms with E-state index in [0.29, 0.717) is 22.9 Å². The van der Waals surface area contributed by atoms with Crippen molar-refractivity contribution in [3.05, 3.63) is 40.8 Å². The SMILES string of the molecule is CNc1ncc(C(=O)NCc2cnn(C)c2)cc1Cl. The van der Waals surface area contributed by atoms with E-state index >= 15 is 0 Å². The normalized spacial score (nSPS) is 10.3. The maximum atomic E-state index is 11.9. The largest absolute Gasteiger partial charge is 0.372 e. The zero-order valence-electron chi connectivity index (χ0n) is 10.6. The fraction of sp³-hybridized carbons (Fsp3) is 0.250. The number of hydrogen-bond donors (Lipinski definition) is 2. The summed E-state index contributed by atoms with van der Waals surface area (Å²) in [5, 5.41) is 10.1. The topological polar surface area (TPSA) is 71.8 Å². The minimum atomic E-state index is -0.221. The van der Waals surface area contributed by atoms with Crippen LogP contribution in [-0.4, -0.2) is 27.7 Å². The van der Waals surface area contributed by atoms with Crippen LogP contribution in [0.2, 0.25) is 5.02 Å². The highest BCUT2D eigenvalue weighted by atomic mass is 35.5. The van der Waals surface area contributed by atoms with E-state index in [1.807, 2.05) is 13.2 Å². The van der Waals surface area contributed by atoms with Crippen LogP contribution in [0.5, 0.6) is 0 Å². The number of nitrogens with one attached hydrogen (secondary N) is 2. The molecule has 0 atom stereocenters. The summed E-state index contributed by atoms with van der Waals surface area (Å²) in [7, 11) is 3.54. The molecule has 2 rings (SSSR count). The number of amides is 1. The number of anilines is 1. The number of aryl methyl sites for hydroxylation is 1. The monoisotopic (exact) mass is 279 g/mol. The van der Waals surface area contributed by atoms with Crippen molar-refractivity contribution in [1.29, 1.82) is 0 Å². The molecule has 0 saturated heterocycles. The first-order valence-electron chi connectivity index (χ1n) is 5.69. The molecule has 0 unspecified atom stereocenters. The van der Waals surface area contributed by atoms with Crippen LogP contribution in [0.15, 0.2) is 24.7 Å². The van der Waals surface area contributed by atoms with Crippen LogP contribution in [0.3, 0.4) is 0 Å². The summed E-state index contributed by atoms with van der Waals surface area (Å²) >= 11 is 5.98. The third-order valence-electron chi connectivity index (χ3n) is 2.55. The molecule has 7 heteroatoms. The van der Waals surface area contributed by atoms with Crippen molar-refractivity contribution >= 4 is 23.3 Å². The highest BCUT2D eigenvalue weighted by Gasteiger charge is 2.09. The molecule has 0 radical (unpaired) electrons. The average molecular weight is 280 g/mol. The van der Waals surface area contributed by atoms with Crippen molar-refractivity contribution in [2.45, 2.75) is 6.54 Å². The van der Waals surface area contributed by atoms with E-state index in [-0.39, 0.29) is 5.91 Å². The Balaban J connectivity index is 2.01. The molecule has 0 fully saturated rings. The Bertz CT molecular complexity index is 596. The van der Waals surface area contributed by atoms with Gasteiger partial charge in [0.05, 0.1) is 16.8 Å². The van der Waals surface area contributed by atoms with Crippen LogP contribution in [-0.2, 0) is 13.6 Å². The van der Waals surface area contributed by atoms with Crippen molar-refractivity contribution in [1.82, 2.24) is 20.1 Å². The Kier molecular flexibility index (Phi) is 4.01. The summed E-state index contributed by atoms with van der Waals surface area (Å²) in [6, 6.07) is 1.58. The van der Waals surface area contributed by atoms with Crippen LogP contribution in [0.1, 0.15) is 15.9 Å². The van der Waals surface area contributed by atoms with E-state index in [0.717, 1.165) is 5.56 Å². The molecule has 19 heavy (non-hydrogen) atoms. The molecule has 0 bridgehead atoms. The van der Waals surface area contributed by atoms with Crippen LogP contribution >= 0.6 is 11.6 Å². The van der Waals surface area contributed by atoms with Crippen molar-refractivity contribution in [2.24, 2.45) is 7.05 Å².